The molecule has 2 rings (SSSR count). The second-order valence-electron chi connectivity index (χ2n) is 5.97. The van der Waals surface area contributed by atoms with E-state index in [1.54, 1.807) is 0 Å². The minimum Gasteiger partial charge on any atom is -0.490 e. The van der Waals surface area contributed by atoms with Crippen molar-refractivity contribution in [1.82, 2.24) is 0 Å². The fraction of sp³-hybridized carbons (Fsp3) is 0.316. The second kappa shape index (κ2) is 10.0. The van der Waals surface area contributed by atoms with Gasteiger partial charge in [0.1, 0.15) is 5.75 Å². The Morgan fingerprint density at radius 2 is 1.47 bits per heavy atom. The number of carbonyl (C=O) groups excluding carboxylic acids is 1. The number of hydrogen-bond acceptors (Lipinski definition) is 3. The lowest BCUT2D eigenvalue weighted by molar-refractivity contribution is -0.173. The lowest BCUT2D eigenvalue weighted by Crippen LogP contribution is -2.28. The first kappa shape index (κ1) is 24.5. The maximum absolute atomic E-state index is 14.9. The monoisotopic (exact) mass is 490 g/mol. The first-order valence-corrected chi connectivity index (χ1v) is 9.65. The van der Waals surface area contributed by atoms with Crippen LogP contribution in [0.25, 0.3) is 0 Å². The van der Waals surface area contributed by atoms with Crippen LogP contribution in [0.3, 0.4) is 0 Å². The van der Waals surface area contributed by atoms with Crippen molar-refractivity contribution in [1.29, 1.82) is 0 Å². The van der Waals surface area contributed by atoms with E-state index in [0.29, 0.717) is 12.3 Å². The lowest BCUT2D eigenvalue weighted by atomic mass is 10.00. The van der Waals surface area contributed by atoms with Crippen LogP contribution in [-0.4, -0.2) is 31.1 Å². The van der Waals surface area contributed by atoms with E-state index in [9.17, 15) is 26.7 Å². The Hall–Kier alpha value is -1.77. The first-order chi connectivity index (χ1) is 14.0. The highest BCUT2D eigenvalue weighted by molar-refractivity contribution is 6.37. The van der Waals surface area contributed by atoms with Gasteiger partial charge in [0.2, 0.25) is 0 Å². The molecule has 11 heteroatoms. The highest BCUT2D eigenvalue weighted by Gasteiger charge is 2.39. The minimum atomic E-state index is -5.04. The van der Waals surface area contributed by atoms with Gasteiger partial charge < -0.3 is 9.47 Å². The van der Waals surface area contributed by atoms with Crippen LogP contribution in [0.4, 0.5) is 22.0 Å². The highest BCUT2D eigenvalue weighted by atomic mass is 35.5. The van der Waals surface area contributed by atoms with Crippen molar-refractivity contribution in [3.8, 4) is 11.5 Å². The maximum atomic E-state index is 14.9. The van der Waals surface area contributed by atoms with Crippen LogP contribution < -0.4 is 9.47 Å². The highest BCUT2D eigenvalue weighted by Crippen LogP contribution is 2.42. The van der Waals surface area contributed by atoms with Gasteiger partial charge in [-0.2, -0.15) is 22.0 Å². The fourth-order valence-electron chi connectivity index (χ4n) is 2.27. The van der Waals surface area contributed by atoms with E-state index in [1.807, 2.05) is 0 Å². The molecule has 0 aliphatic heterocycles. The number of rotatable bonds is 9. The van der Waals surface area contributed by atoms with Crippen molar-refractivity contribution in [3.63, 3.8) is 0 Å². The molecule has 0 aliphatic rings. The van der Waals surface area contributed by atoms with Gasteiger partial charge in [-0.3, -0.25) is 4.79 Å². The summed E-state index contributed by atoms with van der Waals surface area (Å²) >= 11 is 17.6. The Bertz CT molecular complexity index is 863. The van der Waals surface area contributed by atoms with Crippen LogP contribution in [0.2, 0.25) is 10.0 Å². The van der Waals surface area contributed by atoms with Gasteiger partial charge >= 0.3 is 6.18 Å². The molecule has 164 valence electrons. The summed E-state index contributed by atoms with van der Waals surface area (Å²) in [6, 6.07) is 5.99. The second-order valence-corrected chi connectivity index (χ2v) is 7.16. The summed E-state index contributed by atoms with van der Waals surface area (Å²) in [5.74, 6) is -5.39. The summed E-state index contributed by atoms with van der Waals surface area (Å²) < 4.78 is 76.3. The summed E-state index contributed by atoms with van der Waals surface area (Å²) in [6.45, 7) is -1.05. The Labute approximate surface area is 183 Å². The Morgan fingerprint density at radius 1 is 0.900 bits per heavy atom. The number of Topliss-reactive ketones (excluding diaryl/α,β-unsaturated/α-hetero) is 1. The van der Waals surface area contributed by atoms with E-state index in [0.717, 1.165) is 36.4 Å². The van der Waals surface area contributed by atoms with Crippen molar-refractivity contribution in [2.24, 2.45) is 0 Å². The number of ether oxygens (including phenoxy) is 2. The molecule has 0 bridgehead atoms. The number of ketones is 1. The van der Waals surface area contributed by atoms with Crippen LogP contribution >= 0.6 is 34.8 Å². The third-order valence-corrected chi connectivity index (χ3v) is 4.62. The number of halogens is 8. The third kappa shape index (κ3) is 6.12. The third-order valence-electron chi connectivity index (χ3n) is 3.79. The molecule has 0 aliphatic carbocycles. The molecule has 3 nitrogen and oxygen atoms in total. The SMILES string of the molecule is O=C(COc1ccc(C(F)(F)c2cc(Cl)c(OCCCCl)c(Cl)c2)cc1)C(F)(F)F. The number of benzene rings is 2. The minimum absolute atomic E-state index is 0.0566. The zero-order valence-electron chi connectivity index (χ0n) is 15.0. The predicted molar refractivity (Wildman–Crippen MR) is 103 cm³/mol. The number of alkyl halides is 6. The smallest absolute Gasteiger partial charge is 0.453 e. The Kier molecular flexibility index (Phi) is 8.19. The van der Waals surface area contributed by atoms with E-state index in [-0.39, 0.29) is 28.2 Å². The molecule has 30 heavy (non-hydrogen) atoms. The standard InChI is InChI=1S/C19H14Cl3F5O3/c20-6-1-7-29-17-14(21)8-12(9-15(17)22)18(23,24)11-2-4-13(5-3-11)30-10-16(28)19(25,26)27/h2-5,8-9H,1,6-7,10H2. The molecule has 0 spiro atoms. The van der Waals surface area contributed by atoms with Crippen LogP contribution in [0.15, 0.2) is 36.4 Å². The number of hydrogen-bond donors (Lipinski definition) is 0. The molecule has 0 aromatic heterocycles. The van der Waals surface area contributed by atoms with Gasteiger partial charge in [0.05, 0.1) is 16.7 Å². The molecular weight excluding hydrogens is 478 g/mol. The maximum Gasteiger partial charge on any atom is 0.453 e. The van der Waals surface area contributed by atoms with E-state index in [2.05, 4.69) is 4.74 Å². The summed E-state index contributed by atoms with van der Waals surface area (Å²) in [5, 5.41) is -0.227. The quantitative estimate of drug-likeness (QED) is 0.224. The van der Waals surface area contributed by atoms with E-state index < -0.39 is 35.6 Å². The fourth-order valence-corrected chi connectivity index (χ4v) is 2.97. The van der Waals surface area contributed by atoms with E-state index in [4.69, 9.17) is 39.5 Å². The predicted octanol–water partition coefficient (Wildman–Crippen LogP) is 6.65. The van der Waals surface area contributed by atoms with E-state index in [1.165, 1.54) is 0 Å². The van der Waals surface area contributed by atoms with Gasteiger partial charge in [-0.05, 0) is 42.8 Å². The van der Waals surface area contributed by atoms with Gasteiger partial charge in [-0.15, -0.1) is 11.6 Å². The Balaban J connectivity index is 2.17. The topological polar surface area (TPSA) is 35.5 Å². The first-order valence-electron chi connectivity index (χ1n) is 8.36. The summed E-state index contributed by atoms with van der Waals surface area (Å²) in [7, 11) is 0. The lowest BCUT2D eigenvalue weighted by Gasteiger charge is -2.20. The largest absolute Gasteiger partial charge is 0.490 e. The molecule has 0 fully saturated rings. The molecule has 0 atom stereocenters. The molecule has 0 saturated carbocycles. The Morgan fingerprint density at radius 3 is 1.97 bits per heavy atom. The van der Waals surface area contributed by atoms with Crippen molar-refractivity contribution in [2.45, 2.75) is 18.5 Å². The summed E-state index contributed by atoms with van der Waals surface area (Å²) in [5.41, 5.74) is -0.997. The normalized spacial score (nSPS) is 12.0. The average molecular weight is 492 g/mol. The molecule has 0 radical (unpaired) electrons. The van der Waals surface area contributed by atoms with Crippen molar-refractivity contribution >= 4 is 40.6 Å². The summed E-state index contributed by atoms with van der Waals surface area (Å²) in [4.78, 5) is 10.8. The molecule has 0 unspecified atom stereocenters. The molecule has 0 saturated heterocycles. The molecular formula is C19H14Cl3F5O3. The van der Waals surface area contributed by atoms with Crippen molar-refractivity contribution < 1.29 is 36.2 Å². The van der Waals surface area contributed by atoms with Crippen LogP contribution in [0.5, 0.6) is 11.5 Å². The molecule has 0 N–H and O–H groups in total. The number of carbonyl (C=O) groups is 1. The average Bonchev–Trinajstić information content (AvgIpc) is 2.67. The molecule has 2 aromatic carbocycles. The zero-order valence-corrected chi connectivity index (χ0v) is 17.3. The van der Waals surface area contributed by atoms with E-state index >= 15 is 0 Å². The van der Waals surface area contributed by atoms with Gasteiger partial charge in [-0.1, -0.05) is 23.2 Å². The van der Waals surface area contributed by atoms with Gasteiger partial charge in [0.15, 0.2) is 12.4 Å². The van der Waals surface area contributed by atoms with Gasteiger partial charge in [-0.25, -0.2) is 0 Å². The summed E-state index contributed by atoms with van der Waals surface area (Å²) in [6.07, 6.45) is -4.53. The van der Waals surface area contributed by atoms with Crippen LogP contribution in [0, 0.1) is 0 Å². The zero-order chi connectivity index (χ0) is 22.5. The molecule has 0 amide bonds. The molecule has 0 heterocycles. The molecule has 2 aromatic rings. The van der Waals surface area contributed by atoms with Gasteiger partial charge in [0.25, 0.3) is 11.7 Å². The van der Waals surface area contributed by atoms with Gasteiger partial charge in [0, 0.05) is 17.0 Å². The van der Waals surface area contributed by atoms with Crippen molar-refractivity contribution in [2.75, 3.05) is 19.1 Å². The van der Waals surface area contributed by atoms with Crippen molar-refractivity contribution in [3.05, 3.63) is 57.6 Å². The van der Waals surface area contributed by atoms with Crippen LogP contribution in [0.1, 0.15) is 17.5 Å². The van der Waals surface area contributed by atoms with Crippen LogP contribution in [-0.2, 0) is 10.7 Å².